The third kappa shape index (κ3) is 27.6. The number of carbonyl (C=O) groups is 1. The largest absolute Gasteiger partial charge is 0.505 e. The average Bonchev–Trinajstić information content (AvgIpc) is 1.63. The molecule has 0 radical (unpaired) electrons. The van der Waals surface area contributed by atoms with Crippen LogP contribution in [0.5, 0.6) is 17.2 Å². The summed E-state index contributed by atoms with van der Waals surface area (Å²) in [4.78, 5) is 25.4. The quantitative estimate of drug-likeness (QED) is 0.0155. The second kappa shape index (κ2) is 50.9. The third-order valence-corrected chi connectivity index (χ3v) is 23.2. The van der Waals surface area contributed by atoms with E-state index in [0.717, 1.165) is 152 Å². The molecule has 3 aliphatic heterocycles. The van der Waals surface area contributed by atoms with Gasteiger partial charge in [0.05, 0.1) is 46.1 Å². The Labute approximate surface area is 775 Å². The Kier molecular flexibility index (Phi) is 40.9. The molecule has 0 saturated heterocycles. The Morgan fingerprint density at radius 1 is 0.369 bits per heavy atom. The van der Waals surface area contributed by atoms with Crippen LogP contribution in [-0.2, 0) is 14.2 Å². The zero-order valence-electron chi connectivity index (χ0n) is 80.5. The van der Waals surface area contributed by atoms with Crippen molar-refractivity contribution in [2.24, 2.45) is 0 Å². The number of ether oxygens (including phenoxy) is 6. The summed E-state index contributed by atoms with van der Waals surface area (Å²) < 4.78 is 34.5. The molecule has 0 atom stereocenters. The van der Waals surface area contributed by atoms with Crippen LogP contribution in [0.2, 0.25) is 0 Å². The molecule has 6 aromatic rings. The van der Waals surface area contributed by atoms with E-state index >= 15 is 0 Å². The number of aryl methyl sites for hydroxylation is 6. The minimum Gasteiger partial charge on any atom is -0.505 e. The molecule has 19 heteroatoms. The standard InChI is InChI=1S/2C37H42N4O2.C26H35NO2.C11H9N3O/c1-10-12-20-41(21-13-11-2)31-18-16-28(34(24-31)42-9)14-15-29-22-27(4)30(23-26(29)3)17-19-32-35(40-8)36(33(25-38)39-7)43-37(32,5)6;1-8-10-18-41(19-11-9-2)32-16-14-28(35(22-32)42-7)12-13-29-20-27(4)30(21-26(29)3)15-17-34-33(25-40)36(31(23-38)24-39)43-37(34,5)6;1-6-8-14-27(15-9-7-2)25-13-12-22(26(18-25)29-5)10-11-23-16-21(4)24(19-28)17-20(23)3;1-7-9(6-14)10(8(4-12)5-13)15-11(7,2)3/h14-19,22-24H,10-13,20-21H2,1-6,9H3;12-17,20-22H,8-11,18-19H2,1-7H3;10-13,16-19H,6-9,14-15H2,1-5H3;1-3H3/b15-14+,19-17+,36-33+;13-12+,17-15+;;. The van der Waals surface area contributed by atoms with Gasteiger partial charge in [-0.2, -0.15) is 31.6 Å². The van der Waals surface area contributed by atoms with E-state index in [9.17, 15) is 25.8 Å². The molecule has 674 valence electrons. The Morgan fingerprint density at radius 3 is 0.931 bits per heavy atom. The van der Waals surface area contributed by atoms with Crippen LogP contribution in [0.3, 0.4) is 0 Å². The molecule has 0 unspecified atom stereocenters. The van der Waals surface area contributed by atoms with Crippen LogP contribution in [0, 0.1) is 134 Å². The van der Waals surface area contributed by atoms with E-state index < -0.39 is 16.8 Å². The van der Waals surface area contributed by atoms with Crippen LogP contribution < -0.4 is 28.9 Å². The first kappa shape index (κ1) is 105. The first-order valence-electron chi connectivity index (χ1n) is 44.8. The van der Waals surface area contributed by atoms with Crippen molar-refractivity contribution >= 4 is 72.0 Å². The molecule has 9 rings (SSSR count). The van der Waals surface area contributed by atoms with Crippen LogP contribution in [0.25, 0.3) is 58.3 Å². The molecule has 0 bridgehead atoms. The summed E-state index contributed by atoms with van der Waals surface area (Å²) in [6, 6.07) is 45.0. The van der Waals surface area contributed by atoms with Gasteiger partial charge in [-0.25, -0.2) is 15.0 Å². The topological polar surface area (TPSA) is 257 Å². The molecule has 0 aliphatic carbocycles. The van der Waals surface area contributed by atoms with Gasteiger partial charge in [0, 0.05) is 108 Å². The summed E-state index contributed by atoms with van der Waals surface area (Å²) in [6.07, 6.45) is 35.3. The minimum absolute atomic E-state index is 0.0450. The first-order valence-corrected chi connectivity index (χ1v) is 44.8. The van der Waals surface area contributed by atoms with Gasteiger partial charge in [-0.15, -0.1) is 0 Å². The lowest BCUT2D eigenvalue weighted by Crippen LogP contribution is -2.25. The van der Waals surface area contributed by atoms with Gasteiger partial charge in [0.1, 0.15) is 88.1 Å². The highest BCUT2D eigenvalue weighted by Crippen LogP contribution is 2.45. The molecule has 0 N–H and O–H groups in total. The van der Waals surface area contributed by atoms with Gasteiger partial charge in [-0.3, -0.25) is 4.79 Å². The third-order valence-electron chi connectivity index (χ3n) is 23.2. The van der Waals surface area contributed by atoms with Crippen LogP contribution in [0.15, 0.2) is 171 Å². The first-order chi connectivity index (χ1) is 62.3. The summed E-state index contributed by atoms with van der Waals surface area (Å²) in [7, 11) is 5.18. The van der Waals surface area contributed by atoms with Gasteiger partial charge in [0.25, 0.3) is 5.70 Å². The second-order valence-corrected chi connectivity index (χ2v) is 33.8. The molecule has 0 aromatic heterocycles. The fourth-order valence-electron chi connectivity index (χ4n) is 15.0. The van der Waals surface area contributed by atoms with Crippen molar-refractivity contribution in [1.82, 2.24) is 0 Å². The molecule has 0 fully saturated rings. The number of allylic oxidation sites excluding steroid dienone is 5. The molecular formula is C111H128N12O7. The second-order valence-electron chi connectivity index (χ2n) is 33.8. The lowest BCUT2D eigenvalue weighted by atomic mass is 9.93. The van der Waals surface area contributed by atoms with Crippen molar-refractivity contribution in [2.75, 3.05) is 75.3 Å². The fourth-order valence-corrected chi connectivity index (χ4v) is 15.0. The number of aldehydes is 1. The number of unbranched alkanes of at least 4 members (excludes halogenated alkanes) is 6. The van der Waals surface area contributed by atoms with Gasteiger partial charge < -0.3 is 43.1 Å². The lowest BCUT2D eigenvalue weighted by Gasteiger charge is -2.25. The molecule has 19 nitrogen and oxygen atoms in total. The van der Waals surface area contributed by atoms with Crippen molar-refractivity contribution in [2.45, 2.75) is 225 Å². The van der Waals surface area contributed by atoms with Crippen molar-refractivity contribution in [1.29, 1.82) is 36.8 Å². The van der Waals surface area contributed by atoms with Gasteiger partial charge in [0.2, 0.25) is 5.70 Å². The van der Waals surface area contributed by atoms with E-state index in [2.05, 4.69) is 221 Å². The number of nitriles is 7. The number of benzene rings is 6. The number of anilines is 3. The predicted octanol–water partition coefficient (Wildman–Crippen LogP) is 27.0. The number of hydrogen-bond acceptors (Lipinski definition) is 17. The van der Waals surface area contributed by atoms with Crippen LogP contribution in [-0.4, -0.2) is 83.7 Å². The molecule has 130 heavy (non-hydrogen) atoms. The summed E-state index contributed by atoms with van der Waals surface area (Å²) in [5, 5.41) is 64.2. The molecule has 0 saturated carbocycles. The number of hydrogen-bond donors (Lipinski definition) is 0. The molecule has 6 aromatic carbocycles. The fraction of sp³-hybridized carbons (Fsp3) is 0.387. The van der Waals surface area contributed by atoms with E-state index in [1.807, 2.05) is 96.2 Å². The maximum atomic E-state index is 11.1. The van der Waals surface area contributed by atoms with Crippen LogP contribution in [0.4, 0.5) is 17.1 Å². The van der Waals surface area contributed by atoms with Crippen molar-refractivity contribution in [3.63, 3.8) is 0 Å². The smallest absolute Gasteiger partial charge is 0.292 e. The maximum absolute atomic E-state index is 11.1. The Bertz CT molecular complexity index is 5550. The van der Waals surface area contributed by atoms with E-state index in [-0.39, 0.29) is 51.0 Å². The Balaban J connectivity index is 0.000000282. The number of rotatable bonds is 35. The van der Waals surface area contributed by atoms with E-state index in [0.29, 0.717) is 11.1 Å². The van der Waals surface area contributed by atoms with E-state index in [4.69, 9.17) is 57.4 Å². The molecular weight excluding hydrogens is 1610 g/mol. The Hall–Kier alpha value is -14.3. The van der Waals surface area contributed by atoms with Gasteiger partial charge >= 0.3 is 0 Å². The van der Waals surface area contributed by atoms with Gasteiger partial charge in [0.15, 0.2) is 22.7 Å². The normalized spacial score (nSPS) is 14.2. The molecule has 0 amide bonds. The Morgan fingerprint density at radius 2 is 0.646 bits per heavy atom. The maximum Gasteiger partial charge on any atom is 0.292 e. The van der Waals surface area contributed by atoms with Crippen molar-refractivity contribution < 1.29 is 33.2 Å². The number of carbonyl (C=O) groups excluding carboxylic acids is 1. The monoisotopic (exact) mass is 1740 g/mol. The minimum atomic E-state index is -0.848. The molecule has 3 aliphatic rings. The zero-order valence-corrected chi connectivity index (χ0v) is 80.5. The van der Waals surface area contributed by atoms with E-state index in [1.54, 1.807) is 54.2 Å². The summed E-state index contributed by atoms with van der Waals surface area (Å²) >= 11 is 0. The van der Waals surface area contributed by atoms with Gasteiger partial charge in [-0.05, 0) is 238 Å². The number of methoxy groups -OCH3 is 3. The highest BCUT2D eigenvalue weighted by Gasteiger charge is 2.41. The van der Waals surface area contributed by atoms with Crippen molar-refractivity contribution in [3.05, 3.63) is 277 Å². The summed E-state index contributed by atoms with van der Waals surface area (Å²) in [5.41, 5.74) is 19.2. The van der Waals surface area contributed by atoms with Gasteiger partial charge in [-0.1, -0.05) is 171 Å². The highest BCUT2D eigenvalue weighted by atomic mass is 16.5. The lowest BCUT2D eigenvalue weighted by molar-refractivity contribution is 0.0927. The zero-order chi connectivity index (χ0) is 96.0. The SMILES string of the molecule is CC1=C(C#N)C(=C(C#N)C#N)OC1(C)C.CCCCN(CCCC)c1ccc(/C=C/c2cc(C)c(/C=C/C3=C(C#N)C(=C(C#N)C#N)OC3(C)C)cc2C)c(OC)c1.CCCCN(CCCC)c1ccc(C=Cc2cc(C)c(C=O)cc2C)c(OC)c1.[C-]#[N+]C1=C(/C=C/c2cc(C)c(/C=C/c3ccc(N(CCCC)CCCC)cc3OC)cc2C)C(C)(C)O/C1=C(\C#N)[N+]#[C-]. The predicted molar refractivity (Wildman–Crippen MR) is 529 cm³/mol. The van der Waals surface area contributed by atoms with E-state index in [1.165, 1.54) is 94.1 Å². The molecule has 0 spiro atoms. The van der Waals surface area contributed by atoms with Crippen molar-refractivity contribution in [3.8, 4) is 59.7 Å². The summed E-state index contributed by atoms with van der Waals surface area (Å²) in [6.45, 7) is 59.6. The average molecular weight is 1740 g/mol. The molecule has 3 heterocycles. The summed E-state index contributed by atoms with van der Waals surface area (Å²) in [5.74, 6) is 2.80. The van der Waals surface area contributed by atoms with Crippen LogP contribution >= 0.6 is 0 Å². The highest BCUT2D eigenvalue weighted by molar-refractivity contribution is 5.83. The van der Waals surface area contributed by atoms with Crippen LogP contribution in [0.1, 0.15) is 255 Å². The number of nitrogens with zero attached hydrogens (tertiary/aromatic N) is 12.